The molecule has 0 saturated heterocycles. The van der Waals surface area contributed by atoms with E-state index in [0.717, 1.165) is 16.8 Å². The standard InChI is InChI=1S/C25H24N4O3/c1-15(2)29-24-20(14-26-29)19(13-21(28-24)18-7-5-4-6-16(18)3)25(30)27-17-8-9-22-23(12-17)32-11-10-31-22/h4-9,12-15H,10-11H2,1-3H3,(H,27,30). The van der Waals surface area contributed by atoms with Crippen molar-refractivity contribution in [2.24, 2.45) is 0 Å². The maximum atomic E-state index is 13.4. The Morgan fingerprint density at radius 2 is 1.84 bits per heavy atom. The smallest absolute Gasteiger partial charge is 0.256 e. The van der Waals surface area contributed by atoms with Crippen molar-refractivity contribution in [3.63, 3.8) is 0 Å². The van der Waals surface area contributed by atoms with E-state index in [1.165, 1.54) is 0 Å². The predicted octanol–water partition coefficient (Wildman–Crippen LogP) is 5.01. The zero-order valence-electron chi connectivity index (χ0n) is 18.3. The van der Waals surface area contributed by atoms with Crippen molar-refractivity contribution in [1.29, 1.82) is 0 Å². The number of rotatable bonds is 4. The summed E-state index contributed by atoms with van der Waals surface area (Å²) in [6, 6.07) is 15.4. The second-order valence-electron chi connectivity index (χ2n) is 8.10. The van der Waals surface area contributed by atoms with Crippen molar-refractivity contribution in [2.75, 3.05) is 18.5 Å². The summed E-state index contributed by atoms with van der Waals surface area (Å²) in [6.07, 6.45) is 1.71. The zero-order valence-corrected chi connectivity index (χ0v) is 18.3. The molecule has 1 N–H and O–H groups in total. The van der Waals surface area contributed by atoms with Crippen LogP contribution in [0.2, 0.25) is 0 Å². The fraction of sp³-hybridized carbons (Fsp3) is 0.240. The SMILES string of the molecule is Cc1ccccc1-c1cc(C(=O)Nc2ccc3c(c2)OCCO3)c2cnn(C(C)C)c2n1. The first-order chi connectivity index (χ1) is 15.5. The van der Waals surface area contributed by atoms with E-state index in [0.29, 0.717) is 47.0 Å². The second-order valence-corrected chi connectivity index (χ2v) is 8.10. The highest BCUT2D eigenvalue weighted by Gasteiger charge is 2.20. The van der Waals surface area contributed by atoms with Gasteiger partial charge in [0, 0.05) is 23.4 Å². The fourth-order valence-electron chi connectivity index (χ4n) is 3.90. The number of nitrogens with zero attached hydrogens (tertiary/aromatic N) is 3. The lowest BCUT2D eigenvalue weighted by molar-refractivity contribution is 0.102. The van der Waals surface area contributed by atoms with Crippen molar-refractivity contribution in [1.82, 2.24) is 14.8 Å². The van der Waals surface area contributed by atoms with Crippen LogP contribution in [0.1, 0.15) is 35.8 Å². The lowest BCUT2D eigenvalue weighted by Crippen LogP contribution is -2.17. The van der Waals surface area contributed by atoms with E-state index >= 15 is 0 Å². The van der Waals surface area contributed by atoms with E-state index in [4.69, 9.17) is 14.5 Å². The monoisotopic (exact) mass is 428 g/mol. The van der Waals surface area contributed by atoms with Gasteiger partial charge in [0.25, 0.3) is 5.91 Å². The highest BCUT2D eigenvalue weighted by atomic mass is 16.6. The van der Waals surface area contributed by atoms with Crippen LogP contribution in [-0.4, -0.2) is 33.9 Å². The number of aryl methyl sites for hydroxylation is 1. The van der Waals surface area contributed by atoms with Crippen LogP contribution in [0, 0.1) is 6.92 Å². The number of pyridine rings is 1. The van der Waals surface area contributed by atoms with Gasteiger partial charge in [-0.25, -0.2) is 9.67 Å². The molecule has 0 spiro atoms. The summed E-state index contributed by atoms with van der Waals surface area (Å²) in [5, 5.41) is 8.20. The second kappa shape index (κ2) is 8.00. The van der Waals surface area contributed by atoms with Crippen molar-refractivity contribution in [2.45, 2.75) is 26.8 Å². The number of nitrogens with one attached hydrogen (secondary N) is 1. The highest BCUT2D eigenvalue weighted by Crippen LogP contribution is 2.33. The van der Waals surface area contributed by atoms with Crippen LogP contribution >= 0.6 is 0 Å². The van der Waals surface area contributed by atoms with Gasteiger partial charge in [-0.3, -0.25) is 4.79 Å². The van der Waals surface area contributed by atoms with E-state index in [1.54, 1.807) is 12.3 Å². The number of fused-ring (bicyclic) bond motifs is 2. The van der Waals surface area contributed by atoms with Crippen LogP contribution in [0.25, 0.3) is 22.3 Å². The molecular weight excluding hydrogens is 404 g/mol. The molecule has 0 atom stereocenters. The number of aromatic nitrogens is 3. The van der Waals surface area contributed by atoms with Gasteiger partial charge in [0.1, 0.15) is 13.2 Å². The summed E-state index contributed by atoms with van der Waals surface area (Å²) in [5.74, 6) is 1.08. The van der Waals surface area contributed by atoms with Gasteiger partial charge in [-0.05, 0) is 44.5 Å². The quantitative estimate of drug-likeness (QED) is 0.494. The Bertz CT molecular complexity index is 1330. The molecule has 2 aromatic heterocycles. The third kappa shape index (κ3) is 3.56. The zero-order chi connectivity index (χ0) is 22.2. The summed E-state index contributed by atoms with van der Waals surface area (Å²) in [7, 11) is 0. The molecule has 0 radical (unpaired) electrons. The van der Waals surface area contributed by atoms with Crippen LogP contribution in [0.5, 0.6) is 11.5 Å². The minimum atomic E-state index is -0.229. The number of carbonyl (C=O) groups excluding carboxylic acids is 1. The lowest BCUT2D eigenvalue weighted by Gasteiger charge is -2.19. The van der Waals surface area contributed by atoms with Gasteiger partial charge in [-0.15, -0.1) is 0 Å². The first kappa shape index (κ1) is 20.1. The number of anilines is 1. The van der Waals surface area contributed by atoms with Crippen LogP contribution in [0.3, 0.4) is 0 Å². The molecule has 0 unspecified atom stereocenters. The number of amides is 1. The van der Waals surface area contributed by atoms with E-state index in [9.17, 15) is 4.79 Å². The molecule has 0 bridgehead atoms. The maximum absolute atomic E-state index is 13.4. The number of hydrogen-bond acceptors (Lipinski definition) is 5. The molecule has 162 valence electrons. The van der Waals surface area contributed by atoms with E-state index in [-0.39, 0.29) is 11.9 Å². The fourth-order valence-corrected chi connectivity index (χ4v) is 3.90. The first-order valence-corrected chi connectivity index (χ1v) is 10.7. The Hall–Kier alpha value is -3.87. The summed E-state index contributed by atoms with van der Waals surface area (Å²) in [4.78, 5) is 18.3. The minimum Gasteiger partial charge on any atom is -0.486 e. The molecule has 2 aromatic carbocycles. The third-order valence-corrected chi connectivity index (χ3v) is 5.52. The Morgan fingerprint density at radius 1 is 1.06 bits per heavy atom. The summed E-state index contributed by atoms with van der Waals surface area (Å²) in [6.45, 7) is 7.14. The van der Waals surface area contributed by atoms with Crippen molar-refractivity contribution in [3.8, 4) is 22.8 Å². The topological polar surface area (TPSA) is 78.3 Å². The van der Waals surface area contributed by atoms with Gasteiger partial charge in [0.05, 0.1) is 22.8 Å². The number of ether oxygens (including phenoxy) is 2. The first-order valence-electron chi connectivity index (χ1n) is 10.7. The van der Waals surface area contributed by atoms with Gasteiger partial charge < -0.3 is 14.8 Å². The van der Waals surface area contributed by atoms with E-state index < -0.39 is 0 Å². The minimum absolute atomic E-state index is 0.112. The van der Waals surface area contributed by atoms with E-state index in [1.807, 2.05) is 67.9 Å². The summed E-state index contributed by atoms with van der Waals surface area (Å²) in [5.41, 5.74) is 4.67. The van der Waals surface area contributed by atoms with Crippen LogP contribution in [-0.2, 0) is 0 Å². The molecule has 32 heavy (non-hydrogen) atoms. The predicted molar refractivity (Wildman–Crippen MR) is 123 cm³/mol. The molecule has 5 rings (SSSR count). The Morgan fingerprint density at radius 3 is 2.62 bits per heavy atom. The Labute approximate surface area is 186 Å². The van der Waals surface area contributed by atoms with Crippen molar-refractivity contribution < 1.29 is 14.3 Å². The third-order valence-electron chi connectivity index (χ3n) is 5.52. The molecule has 1 aliphatic heterocycles. The molecule has 7 heteroatoms. The van der Waals surface area contributed by atoms with Gasteiger partial charge in [-0.2, -0.15) is 5.10 Å². The molecular formula is C25H24N4O3. The van der Waals surface area contributed by atoms with Gasteiger partial charge in [-0.1, -0.05) is 24.3 Å². The van der Waals surface area contributed by atoms with Gasteiger partial charge in [0.2, 0.25) is 0 Å². The molecule has 3 heterocycles. The molecule has 1 aliphatic rings. The average Bonchev–Trinajstić information content (AvgIpc) is 3.23. The summed E-state index contributed by atoms with van der Waals surface area (Å²) >= 11 is 0. The average molecular weight is 428 g/mol. The molecule has 0 saturated carbocycles. The number of hydrogen-bond donors (Lipinski definition) is 1. The Kier molecular flexibility index (Phi) is 5.01. The normalized spacial score (nSPS) is 12.9. The molecule has 7 nitrogen and oxygen atoms in total. The van der Waals surface area contributed by atoms with Gasteiger partial charge >= 0.3 is 0 Å². The summed E-state index contributed by atoms with van der Waals surface area (Å²) < 4.78 is 13.1. The van der Waals surface area contributed by atoms with E-state index in [2.05, 4.69) is 10.4 Å². The van der Waals surface area contributed by atoms with Gasteiger partial charge in [0.15, 0.2) is 17.1 Å². The lowest BCUT2D eigenvalue weighted by atomic mass is 10.0. The Balaban J connectivity index is 1.59. The highest BCUT2D eigenvalue weighted by molar-refractivity contribution is 6.12. The number of benzene rings is 2. The van der Waals surface area contributed by atoms with Crippen LogP contribution in [0.15, 0.2) is 54.7 Å². The molecule has 1 amide bonds. The van der Waals surface area contributed by atoms with Crippen LogP contribution < -0.4 is 14.8 Å². The van der Waals surface area contributed by atoms with Crippen molar-refractivity contribution in [3.05, 3.63) is 65.9 Å². The number of carbonyl (C=O) groups is 1. The van der Waals surface area contributed by atoms with Crippen molar-refractivity contribution >= 4 is 22.6 Å². The molecule has 0 aliphatic carbocycles. The van der Waals surface area contributed by atoms with Crippen LogP contribution in [0.4, 0.5) is 5.69 Å². The largest absolute Gasteiger partial charge is 0.486 e. The molecule has 4 aromatic rings. The maximum Gasteiger partial charge on any atom is 0.256 e. The molecule has 0 fully saturated rings.